The maximum Gasteiger partial charge on any atom is 0.160 e. The Bertz CT molecular complexity index is 605. The molecule has 0 radical (unpaired) electrons. The monoisotopic (exact) mass is 298 g/mol. The Morgan fingerprint density at radius 2 is 1.77 bits per heavy atom. The molecule has 3 nitrogen and oxygen atoms in total. The number of ether oxygens (including phenoxy) is 2. The highest BCUT2D eigenvalue weighted by Crippen LogP contribution is 2.17. The highest BCUT2D eigenvalue weighted by atomic mass is 16.5. The fourth-order valence-electron chi connectivity index (χ4n) is 2.28. The molecule has 0 amide bonds. The number of aryl methyl sites for hydroxylation is 1. The minimum Gasteiger partial charge on any atom is -0.491 e. The van der Waals surface area contributed by atoms with Crippen molar-refractivity contribution < 1.29 is 14.3 Å². The molecule has 0 spiro atoms. The van der Waals surface area contributed by atoms with E-state index in [1.807, 2.05) is 43.3 Å². The van der Waals surface area contributed by atoms with Gasteiger partial charge in [-0.15, -0.1) is 0 Å². The third kappa shape index (κ3) is 5.01. The van der Waals surface area contributed by atoms with E-state index >= 15 is 0 Å². The summed E-state index contributed by atoms with van der Waals surface area (Å²) in [6, 6.07) is 15.8. The van der Waals surface area contributed by atoms with Crippen LogP contribution in [0.3, 0.4) is 0 Å². The summed E-state index contributed by atoms with van der Waals surface area (Å²) in [5, 5.41) is 0. The molecule has 0 aromatic heterocycles. The molecule has 0 unspecified atom stereocenters. The summed E-state index contributed by atoms with van der Waals surface area (Å²) >= 11 is 0. The zero-order valence-electron chi connectivity index (χ0n) is 13.2. The summed E-state index contributed by atoms with van der Waals surface area (Å²) in [5.74, 6) is 0.849. The van der Waals surface area contributed by atoms with Crippen molar-refractivity contribution in [2.24, 2.45) is 0 Å². The van der Waals surface area contributed by atoms with Gasteiger partial charge in [0.15, 0.2) is 5.78 Å². The molecule has 116 valence electrons. The molecular formula is C19H22O3. The Morgan fingerprint density at radius 1 is 1.00 bits per heavy atom. The highest BCUT2D eigenvalue weighted by molar-refractivity contribution is 5.95. The van der Waals surface area contributed by atoms with Crippen LogP contribution in [0.25, 0.3) is 0 Å². The van der Waals surface area contributed by atoms with Crippen molar-refractivity contribution >= 4 is 5.78 Å². The van der Waals surface area contributed by atoms with Gasteiger partial charge in [-0.05, 0) is 49.6 Å². The Labute approximate surface area is 131 Å². The van der Waals surface area contributed by atoms with Crippen molar-refractivity contribution in [3.05, 3.63) is 65.2 Å². The zero-order chi connectivity index (χ0) is 15.8. The van der Waals surface area contributed by atoms with Crippen LogP contribution >= 0.6 is 0 Å². The van der Waals surface area contributed by atoms with E-state index in [2.05, 4.69) is 12.1 Å². The number of hydrogen-bond acceptors (Lipinski definition) is 3. The lowest BCUT2D eigenvalue weighted by Crippen LogP contribution is -2.09. The van der Waals surface area contributed by atoms with Gasteiger partial charge in [0.1, 0.15) is 12.4 Å². The van der Waals surface area contributed by atoms with Gasteiger partial charge in [-0.3, -0.25) is 4.79 Å². The average molecular weight is 298 g/mol. The van der Waals surface area contributed by atoms with Crippen LogP contribution in [-0.4, -0.2) is 25.6 Å². The lowest BCUT2D eigenvalue weighted by molar-refractivity contribution is 0.101. The first-order valence-electron chi connectivity index (χ1n) is 7.53. The number of ketones is 1. The lowest BCUT2D eigenvalue weighted by Gasteiger charge is -2.09. The lowest BCUT2D eigenvalue weighted by atomic mass is 10.1. The second-order valence-corrected chi connectivity index (χ2v) is 5.23. The maximum atomic E-state index is 11.4. The molecular weight excluding hydrogens is 276 g/mol. The Balaban J connectivity index is 1.66. The van der Waals surface area contributed by atoms with Gasteiger partial charge in [-0.1, -0.05) is 30.3 Å². The van der Waals surface area contributed by atoms with Gasteiger partial charge < -0.3 is 9.47 Å². The van der Waals surface area contributed by atoms with Crippen LogP contribution in [0.5, 0.6) is 5.75 Å². The smallest absolute Gasteiger partial charge is 0.160 e. The Kier molecular flexibility index (Phi) is 6.16. The third-order valence-corrected chi connectivity index (χ3v) is 3.45. The van der Waals surface area contributed by atoms with E-state index in [-0.39, 0.29) is 5.78 Å². The van der Waals surface area contributed by atoms with Crippen LogP contribution in [-0.2, 0) is 11.2 Å². The maximum absolute atomic E-state index is 11.4. The summed E-state index contributed by atoms with van der Waals surface area (Å²) in [6.45, 7) is 5.24. The summed E-state index contributed by atoms with van der Waals surface area (Å²) in [6.07, 6.45) is 0.910. The van der Waals surface area contributed by atoms with Crippen LogP contribution in [0.2, 0.25) is 0 Å². The van der Waals surface area contributed by atoms with E-state index in [0.717, 1.165) is 23.3 Å². The molecule has 0 aliphatic carbocycles. The first-order valence-corrected chi connectivity index (χ1v) is 7.53. The van der Waals surface area contributed by atoms with Crippen molar-refractivity contribution in [3.8, 4) is 5.75 Å². The van der Waals surface area contributed by atoms with Crippen molar-refractivity contribution in [2.75, 3.05) is 19.8 Å². The van der Waals surface area contributed by atoms with Crippen molar-refractivity contribution in [1.82, 2.24) is 0 Å². The number of carbonyl (C=O) groups is 1. The molecule has 22 heavy (non-hydrogen) atoms. The fourth-order valence-corrected chi connectivity index (χ4v) is 2.28. The molecule has 0 atom stereocenters. The summed E-state index contributed by atoms with van der Waals surface area (Å²) in [7, 11) is 0. The molecule has 0 saturated heterocycles. The minimum atomic E-state index is 0.0771. The molecule has 0 N–H and O–H groups in total. The van der Waals surface area contributed by atoms with Crippen LogP contribution < -0.4 is 4.74 Å². The first kappa shape index (κ1) is 16.2. The van der Waals surface area contributed by atoms with Gasteiger partial charge in [0, 0.05) is 5.56 Å². The Hall–Kier alpha value is -2.13. The predicted molar refractivity (Wildman–Crippen MR) is 87.6 cm³/mol. The molecule has 0 fully saturated rings. The van der Waals surface area contributed by atoms with E-state index in [1.165, 1.54) is 5.56 Å². The fraction of sp³-hybridized carbons (Fsp3) is 0.316. The summed E-state index contributed by atoms with van der Waals surface area (Å²) in [4.78, 5) is 11.4. The Morgan fingerprint density at radius 3 is 2.45 bits per heavy atom. The van der Waals surface area contributed by atoms with Crippen LogP contribution in [0, 0.1) is 6.92 Å². The van der Waals surface area contributed by atoms with Gasteiger partial charge in [-0.25, -0.2) is 0 Å². The SMILES string of the molecule is CC(=O)c1ccc(OCCOCCc2ccccc2)cc1C. The highest BCUT2D eigenvalue weighted by Gasteiger charge is 2.04. The quantitative estimate of drug-likeness (QED) is 0.549. The van der Waals surface area contributed by atoms with Crippen molar-refractivity contribution in [3.63, 3.8) is 0 Å². The molecule has 0 bridgehead atoms. The number of hydrogen-bond donors (Lipinski definition) is 0. The number of benzene rings is 2. The van der Waals surface area contributed by atoms with Gasteiger partial charge in [0.2, 0.25) is 0 Å². The van der Waals surface area contributed by atoms with E-state index in [1.54, 1.807) is 6.92 Å². The normalized spacial score (nSPS) is 10.5. The van der Waals surface area contributed by atoms with Gasteiger partial charge in [-0.2, -0.15) is 0 Å². The number of carbonyl (C=O) groups excluding carboxylic acids is 1. The van der Waals surface area contributed by atoms with Crippen LogP contribution in [0.4, 0.5) is 0 Å². The van der Waals surface area contributed by atoms with E-state index < -0.39 is 0 Å². The van der Waals surface area contributed by atoms with Gasteiger partial charge in [0.25, 0.3) is 0 Å². The molecule has 2 rings (SSSR count). The first-order chi connectivity index (χ1) is 10.7. The molecule has 2 aromatic carbocycles. The number of Topliss-reactive ketones (excluding diaryl/α,β-unsaturated/α-hetero) is 1. The van der Waals surface area contributed by atoms with Crippen molar-refractivity contribution in [1.29, 1.82) is 0 Å². The molecule has 3 heteroatoms. The average Bonchev–Trinajstić information content (AvgIpc) is 2.51. The van der Waals surface area contributed by atoms with E-state index in [9.17, 15) is 4.79 Å². The minimum absolute atomic E-state index is 0.0771. The van der Waals surface area contributed by atoms with Gasteiger partial charge in [0.05, 0.1) is 13.2 Å². The van der Waals surface area contributed by atoms with Crippen LogP contribution in [0.15, 0.2) is 48.5 Å². The molecule has 2 aromatic rings. The third-order valence-electron chi connectivity index (χ3n) is 3.45. The summed E-state index contributed by atoms with van der Waals surface area (Å²) < 4.78 is 11.2. The van der Waals surface area contributed by atoms with E-state index in [4.69, 9.17) is 9.47 Å². The second-order valence-electron chi connectivity index (χ2n) is 5.23. The number of rotatable bonds is 8. The topological polar surface area (TPSA) is 35.5 Å². The molecule has 0 aliphatic heterocycles. The zero-order valence-corrected chi connectivity index (χ0v) is 13.2. The largest absolute Gasteiger partial charge is 0.491 e. The second kappa shape index (κ2) is 8.35. The summed E-state index contributed by atoms with van der Waals surface area (Å²) in [5.41, 5.74) is 2.96. The predicted octanol–water partition coefficient (Wildman–Crippen LogP) is 3.84. The standard InChI is InChI=1S/C19H22O3/c1-15-14-18(8-9-19(15)16(2)20)22-13-12-21-11-10-17-6-4-3-5-7-17/h3-9,14H,10-13H2,1-2H3. The van der Waals surface area contributed by atoms with Crippen LogP contribution in [0.1, 0.15) is 28.4 Å². The van der Waals surface area contributed by atoms with Crippen molar-refractivity contribution in [2.45, 2.75) is 20.3 Å². The van der Waals surface area contributed by atoms with Gasteiger partial charge >= 0.3 is 0 Å². The molecule has 0 heterocycles. The molecule has 0 aliphatic rings. The molecule has 0 saturated carbocycles. The van der Waals surface area contributed by atoms with E-state index in [0.29, 0.717) is 19.8 Å².